The third kappa shape index (κ3) is 7.18. The predicted molar refractivity (Wildman–Crippen MR) is 174 cm³/mol. The first-order valence-electron chi connectivity index (χ1n) is 14.6. The topological polar surface area (TPSA) is 68.6 Å². The number of fused-ring (bicyclic) bond motifs is 2. The van der Waals surface area contributed by atoms with Crippen molar-refractivity contribution in [2.24, 2.45) is 5.92 Å². The third-order valence-corrected chi connectivity index (χ3v) is 9.34. The van der Waals surface area contributed by atoms with Crippen molar-refractivity contribution in [2.75, 3.05) is 27.8 Å². The van der Waals surface area contributed by atoms with Gasteiger partial charge in [-0.05, 0) is 73.3 Å². The van der Waals surface area contributed by atoms with E-state index < -0.39 is 8.07 Å². The van der Waals surface area contributed by atoms with Gasteiger partial charge in [0.2, 0.25) is 0 Å². The Morgan fingerprint density at radius 3 is 2.55 bits per heavy atom. The number of nitrogens with zero attached hydrogens (tertiary/aromatic N) is 3. The fourth-order valence-electron chi connectivity index (χ4n) is 5.27. The van der Waals surface area contributed by atoms with Gasteiger partial charge in [-0.1, -0.05) is 56.0 Å². The Hall–Kier alpha value is -3.72. The normalized spacial score (nSPS) is 18.1. The van der Waals surface area contributed by atoms with E-state index in [0.29, 0.717) is 13.2 Å². The number of hydrogen-bond donors (Lipinski definition) is 1. The lowest BCUT2D eigenvalue weighted by Crippen LogP contribution is -2.22. The first-order valence-corrected chi connectivity index (χ1v) is 18.3. The van der Waals surface area contributed by atoms with Gasteiger partial charge in [0.25, 0.3) is 5.91 Å². The van der Waals surface area contributed by atoms with E-state index in [1.54, 1.807) is 7.11 Å². The van der Waals surface area contributed by atoms with Crippen LogP contribution >= 0.6 is 0 Å². The first kappa shape index (κ1) is 29.8. The molecule has 1 amide bonds. The molecule has 1 aliphatic heterocycles. The molecule has 220 valence electrons. The SMILES string of the molecule is COC1=CC=C2NC(=O)C(=Cc3ccc4c(C=Cc5ccc(CN(C)C)cc5)nn(COCC[Si](C)(C)C)c4c3)C2C1. The number of carbonyl (C=O) groups is 1. The summed E-state index contributed by atoms with van der Waals surface area (Å²) in [6.07, 6.45) is 10.7. The number of allylic oxidation sites excluding steroid dienone is 4. The molecule has 1 unspecified atom stereocenters. The maximum Gasteiger partial charge on any atom is 0.252 e. The van der Waals surface area contributed by atoms with Crippen LogP contribution < -0.4 is 5.32 Å². The van der Waals surface area contributed by atoms with Gasteiger partial charge in [-0.15, -0.1) is 0 Å². The van der Waals surface area contributed by atoms with Gasteiger partial charge in [0.15, 0.2) is 0 Å². The summed E-state index contributed by atoms with van der Waals surface area (Å²) < 4.78 is 13.5. The van der Waals surface area contributed by atoms with Gasteiger partial charge in [0.05, 0.1) is 24.1 Å². The van der Waals surface area contributed by atoms with Crippen molar-refractivity contribution in [1.82, 2.24) is 20.0 Å². The lowest BCUT2D eigenvalue weighted by molar-refractivity contribution is -0.115. The number of benzene rings is 2. The molecule has 2 heterocycles. The zero-order valence-electron chi connectivity index (χ0n) is 25.6. The number of aromatic nitrogens is 2. The summed E-state index contributed by atoms with van der Waals surface area (Å²) in [5.74, 6) is 0.796. The molecule has 1 saturated heterocycles. The van der Waals surface area contributed by atoms with E-state index in [-0.39, 0.29) is 11.8 Å². The van der Waals surface area contributed by atoms with Gasteiger partial charge in [-0.2, -0.15) is 5.10 Å². The van der Waals surface area contributed by atoms with E-state index in [9.17, 15) is 4.79 Å². The van der Waals surface area contributed by atoms with Crippen LogP contribution in [0, 0.1) is 5.92 Å². The summed E-state index contributed by atoms with van der Waals surface area (Å²) in [6.45, 7) is 9.08. The summed E-state index contributed by atoms with van der Waals surface area (Å²) >= 11 is 0. The summed E-state index contributed by atoms with van der Waals surface area (Å²) in [5.41, 5.74) is 6.91. The van der Waals surface area contributed by atoms with Crippen molar-refractivity contribution in [1.29, 1.82) is 0 Å². The molecule has 0 saturated carbocycles. The Morgan fingerprint density at radius 2 is 1.83 bits per heavy atom. The summed E-state index contributed by atoms with van der Waals surface area (Å²) in [4.78, 5) is 15.1. The Kier molecular flexibility index (Phi) is 8.96. The monoisotopic (exact) mass is 582 g/mol. The molecular weight excluding hydrogens is 540 g/mol. The highest BCUT2D eigenvalue weighted by Crippen LogP contribution is 2.36. The van der Waals surface area contributed by atoms with Crippen molar-refractivity contribution in [3.05, 3.63) is 94.0 Å². The van der Waals surface area contributed by atoms with Gasteiger partial charge >= 0.3 is 0 Å². The number of carbonyl (C=O) groups excluding carboxylic acids is 1. The Bertz CT molecular complexity index is 1570. The molecule has 42 heavy (non-hydrogen) atoms. The number of ether oxygens (including phenoxy) is 2. The number of hydrogen-bond acceptors (Lipinski definition) is 5. The van der Waals surface area contributed by atoms with Crippen LogP contribution in [0.3, 0.4) is 0 Å². The maximum absolute atomic E-state index is 12.9. The smallest absolute Gasteiger partial charge is 0.252 e. The standard InChI is InChI=1S/C34H42N4O3Si/c1-37(2)22-25-9-7-24(8-10-25)12-15-32-28-14-11-26(20-33(28)38(36-32)23-41-17-18-42(4,5)6)19-30-29-21-27(40-3)13-16-31(29)35-34(30)39/h7-16,19-20,29H,17-18,21-23H2,1-6H3,(H,35,39). The summed E-state index contributed by atoms with van der Waals surface area (Å²) in [5, 5.41) is 9.02. The quantitative estimate of drug-likeness (QED) is 0.158. The minimum absolute atomic E-state index is 0.0226. The Morgan fingerprint density at radius 1 is 1.07 bits per heavy atom. The second-order valence-electron chi connectivity index (χ2n) is 12.6. The molecule has 8 heteroatoms. The van der Waals surface area contributed by atoms with Crippen LogP contribution in [-0.2, 0) is 27.5 Å². The van der Waals surface area contributed by atoms with E-state index in [4.69, 9.17) is 14.6 Å². The lowest BCUT2D eigenvalue weighted by atomic mass is 9.90. The van der Waals surface area contributed by atoms with Crippen molar-refractivity contribution in [3.63, 3.8) is 0 Å². The zero-order valence-corrected chi connectivity index (χ0v) is 26.6. The second kappa shape index (κ2) is 12.6. The lowest BCUT2D eigenvalue weighted by Gasteiger charge is -2.17. The fraction of sp³-hybridized carbons (Fsp3) is 0.353. The third-order valence-electron chi connectivity index (χ3n) is 7.64. The molecular formula is C34H42N4O3Si. The molecule has 1 aliphatic carbocycles. The van der Waals surface area contributed by atoms with Gasteiger partial charge in [0.1, 0.15) is 6.73 Å². The van der Waals surface area contributed by atoms with Crippen molar-refractivity contribution in [3.8, 4) is 0 Å². The molecule has 1 N–H and O–H groups in total. The second-order valence-corrected chi connectivity index (χ2v) is 18.2. The van der Waals surface area contributed by atoms with Gasteiger partial charge in [0, 0.05) is 50.2 Å². The molecule has 0 bridgehead atoms. The Labute approximate surface area is 250 Å². The van der Waals surface area contributed by atoms with Crippen molar-refractivity contribution in [2.45, 2.75) is 45.4 Å². The highest BCUT2D eigenvalue weighted by Gasteiger charge is 2.35. The molecule has 1 atom stereocenters. The Balaban J connectivity index is 1.44. The van der Waals surface area contributed by atoms with Crippen LogP contribution in [0.4, 0.5) is 0 Å². The van der Waals surface area contributed by atoms with Gasteiger partial charge < -0.3 is 19.7 Å². The van der Waals surface area contributed by atoms with E-state index >= 15 is 0 Å². The average molecular weight is 583 g/mol. The molecule has 1 aromatic heterocycles. The number of nitrogens with one attached hydrogen (secondary N) is 1. The fourth-order valence-corrected chi connectivity index (χ4v) is 6.03. The summed E-state index contributed by atoms with van der Waals surface area (Å²) in [7, 11) is 4.63. The highest BCUT2D eigenvalue weighted by atomic mass is 28.3. The zero-order chi connectivity index (χ0) is 29.9. The highest BCUT2D eigenvalue weighted by molar-refractivity contribution is 6.76. The van der Waals surface area contributed by atoms with Crippen LogP contribution in [-0.4, -0.2) is 56.5 Å². The largest absolute Gasteiger partial charge is 0.501 e. The molecule has 2 aliphatic rings. The molecule has 3 aromatic rings. The van der Waals surface area contributed by atoms with Crippen LogP contribution in [0.2, 0.25) is 25.7 Å². The predicted octanol–water partition coefficient (Wildman–Crippen LogP) is 6.53. The van der Waals surface area contributed by atoms with E-state index in [1.165, 1.54) is 5.56 Å². The summed E-state index contributed by atoms with van der Waals surface area (Å²) in [6, 6.07) is 16.0. The number of methoxy groups -OCH3 is 1. The molecule has 2 aromatic carbocycles. The average Bonchev–Trinajstić information content (AvgIpc) is 3.45. The number of rotatable bonds is 11. The van der Waals surface area contributed by atoms with Crippen molar-refractivity contribution >= 4 is 43.1 Å². The minimum atomic E-state index is -1.20. The molecule has 0 spiro atoms. The molecule has 5 rings (SSSR count). The number of amides is 1. The van der Waals surface area contributed by atoms with Crippen molar-refractivity contribution < 1.29 is 14.3 Å². The van der Waals surface area contributed by atoms with Crippen LogP contribution in [0.5, 0.6) is 0 Å². The maximum atomic E-state index is 12.9. The molecule has 0 radical (unpaired) electrons. The van der Waals surface area contributed by atoms with Gasteiger partial charge in [-0.3, -0.25) is 4.79 Å². The molecule has 7 nitrogen and oxygen atoms in total. The van der Waals surface area contributed by atoms with Crippen LogP contribution in [0.25, 0.3) is 29.1 Å². The molecule has 1 fully saturated rings. The van der Waals surface area contributed by atoms with E-state index in [2.05, 4.69) is 98.6 Å². The first-order chi connectivity index (χ1) is 20.1. The minimum Gasteiger partial charge on any atom is -0.501 e. The van der Waals surface area contributed by atoms with Crippen LogP contribution in [0.15, 0.2) is 71.6 Å². The van der Waals surface area contributed by atoms with E-state index in [0.717, 1.165) is 63.9 Å². The van der Waals surface area contributed by atoms with E-state index in [1.807, 2.05) is 22.9 Å². The van der Waals surface area contributed by atoms with Gasteiger partial charge in [-0.25, -0.2) is 4.68 Å². The van der Waals surface area contributed by atoms with Crippen LogP contribution in [0.1, 0.15) is 28.8 Å².